The minimum Gasteiger partial charge on any atom is -0.497 e. The molecule has 144 valence electrons. The summed E-state index contributed by atoms with van der Waals surface area (Å²) in [6, 6.07) is 14.1. The van der Waals surface area contributed by atoms with Crippen LogP contribution in [0.3, 0.4) is 0 Å². The van der Waals surface area contributed by atoms with Crippen LogP contribution in [-0.4, -0.2) is 49.8 Å². The molecule has 0 heterocycles. The van der Waals surface area contributed by atoms with Gasteiger partial charge in [0, 0.05) is 19.7 Å². The third-order valence-corrected chi connectivity index (χ3v) is 3.98. The molecule has 2 aromatic carbocycles. The predicted molar refractivity (Wildman–Crippen MR) is 98.8 cm³/mol. The molecule has 2 aromatic rings. The van der Waals surface area contributed by atoms with Crippen molar-refractivity contribution < 1.29 is 28.9 Å². The highest BCUT2D eigenvalue weighted by Crippen LogP contribution is 2.25. The molecule has 7 heteroatoms. The third kappa shape index (κ3) is 5.46. The summed E-state index contributed by atoms with van der Waals surface area (Å²) in [5.41, 5.74) is 1.34. The topological polar surface area (TPSA) is 85.3 Å². The first kappa shape index (κ1) is 20.3. The van der Waals surface area contributed by atoms with E-state index in [0.29, 0.717) is 22.6 Å². The van der Waals surface area contributed by atoms with E-state index in [9.17, 15) is 14.7 Å². The summed E-state index contributed by atoms with van der Waals surface area (Å²) in [5, 5.41) is 9.25. The fourth-order valence-corrected chi connectivity index (χ4v) is 2.73. The van der Waals surface area contributed by atoms with E-state index in [4.69, 9.17) is 14.2 Å². The van der Waals surface area contributed by atoms with Gasteiger partial charge in [0.15, 0.2) is 6.10 Å². The average molecular weight is 373 g/mol. The monoisotopic (exact) mass is 373 g/mol. The van der Waals surface area contributed by atoms with Crippen molar-refractivity contribution in [2.45, 2.75) is 12.6 Å². The van der Waals surface area contributed by atoms with Crippen LogP contribution >= 0.6 is 0 Å². The maximum Gasteiger partial charge on any atom is 0.323 e. The summed E-state index contributed by atoms with van der Waals surface area (Å²) in [6.07, 6.45) is -0.891. The van der Waals surface area contributed by atoms with Crippen LogP contribution in [-0.2, 0) is 20.9 Å². The Morgan fingerprint density at radius 3 is 2.07 bits per heavy atom. The summed E-state index contributed by atoms with van der Waals surface area (Å²) in [6.45, 7) is -0.379. The van der Waals surface area contributed by atoms with Crippen LogP contribution in [0.1, 0.15) is 17.2 Å². The van der Waals surface area contributed by atoms with Gasteiger partial charge >= 0.3 is 5.97 Å². The second kappa shape index (κ2) is 9.59. The van der Waals surface area contributed by atoms with E-state index in [1.54, 1.807) is 42.5 Å². The van der Waals surface area contributed by atoms with Crippen LogP contribution < -0.4 is 9.47 Å². The maximum atomic E-state index is 13.0. The van der Waals surface area contributed by atoms with Crippen LogP contribution in [0.5, 0.6) is 11.5 Å². The zero-order valence-corrected chi connectivity index (χ0v) is 15.5. The molecule has 0 fully saturated rings. The molecule has 0 aromatic heterocycles. The van der Waals surface area contributed by atoms with Crippen LogP contribution in [0.15, 0.2) is 48.5 Å². The van der Waals surface area contributed by atoms with E-state index in [0.717, 1.165) is 0 Å². The predicted octanol–water partition coefficient (Wildman–Crippen LogP) is 2.50. The van der Waals surface area contributed by atoms with Crippen molar-refractivity contribution in [2.75, 3.05) is 27.9 Å². The van der Waals surface area contributed by atoms with Gasteiger partial charge < -0.3 is 24.2 Å². The van der Waals surface area contributed by atoms with Gasteiger partial charge in [0.2, 0.25) is 0 Å². The number of carbonyl (C=O) groups excluding carboxylic acids is 1. The number of methoxy groups -OCH3 is 3. The summed E-state index contributed by atoms with van der Waals surface area (Å²) in [4.78, 5) is 25.5. The van der Waals surface area contributed by atoms with E-state index < -0.39 is 24.5 Å². The summed E-state index contributed by atoms with van der Waals surface area (Å²) < 4.78 is 15.8. The lowest BCUT2D eigenvalue weighted by atomic mass is 10.1. The number of carbonyl (C=O) groups is 2. The van der Waals surface area contributed by atoms with Crippen molar-refractivity contribution in [1.82, 2.24) is 4.90 Å². The molecule has 1 N–H and O–H groups in total. The van der Waals surface area contributed by atoms with Crippen molar-refractivity contribution in [1.29, 1.82) is 0 Å². The number of nitrogens with zero attached hydrogens (tertiary/aromatic N) is 1. The lowest BCUT2D eigenvalue weighted by Gasteiger charge is -2.26. The first-order valence-corrected chi connectivity index (χ1v) is 8.28. The molecule has 0 aliphatic heterocycles. The number of hydrogen-bond acceptors (Lipinski definition) is 5. The minimum atomic E-state index is -1.11. The van der Waals surface area contributed by atoms with Gasteiger partial charge in [-0.05, 0) is 23.3 Å². The number of hydrogen-bond donors (Lipinski definition) is 1. The first-order chi connectivity index (χ1) is 13.0. The molecule has 0 saturated heterocycles. The van der Waals surface area contributed by atoms with E-state index in [1.165, 1.54) is 26.2 Å². The smallest absolute Gasteiger partial charge is 0.323 e. The largest absolute Gasteiger partial charge is 0.497 e. The molecule has 2 rings (SSSR count). The lowest BCUT2D eigenvalue weighted by molar-refractivity contribution is -0.150. The number of benzene rings is 2. The second-order valence-corrected chi connectivity index (χ2v) is 5.84. The highest BCUT2D eigenvalue weighted by molar-refractivity contribution is 5.85. The first-order valence-electron chi connectivity index (χ1n) is 8.28. The molecule has 0 saturated carbocycles. The molecule has 0 unspecified atom stereocenters. The fourth-order valence-electron chi connectivity index (χ4n) is 2.73. The standard InChI is InChI=1S/C20H23NO6/c1-25-16-9-14(10-17(11-16)26-2)12-21(13-18(22)23)20(24)19(27-3)15-7-5-4-6-8-15/h4-11,19H,12-13H2,1-3H3,(H,22,23)/t19-/m1/s1. The molecule has 1 amide bonds. The molecule has 0 aliphatic carbocycles. The maximum absolute atomic E-state index is 13.0. The van der Waals surface area contributed by atoms with Crippen LogP contribution in [0, 0.1) is 0 Å². The van der Waals surface area contributed by atoms with E-state index in [2.05, 4.69) is 0 Å². The molecule has 0 radical (unpaired) electrons. The van der Waals surface area contributed by atoms with Crippen LogP contribution in [0.4, 0.5) is 0 Å². The van der Waals surface area contributed by atoms with Gasteiger partial charge in [-0.1, -0.05) is 30.3 Å². The average Bonchev–Trinajstić information content (AvgIpc) is 2.68. The van der Waals surface area contributed by atoms with Gasteiger partial charge in [-0.2, -0.15) is 0 Å². The Kier molecular flexibility index (Phi) is 7.19. The summed E-state index contributed by atoms with van der Waals surface area (Å²) in [5.74, 6) is -0.439. The number of carboxylic acids is 1. The number of amides is 1. The van der Waals surface area contributed by atoms with Crippen molar-refractivity contribution in [3.8, 4) is 11.5 Å². The Balaban J connectivity index is 2.31. The van der Waals surface area contributed by atoms with Crippen molar-refractivity contribution in [2.24, 2.45) is 0 Å². The molecule has 0 spiro atoms. The van der Waals surface area contributed by atoms with Crippen molar-refractivity contribution in [3.63, 3.8) is 0 Å². The van der Waals surface area contributed by atoms with Crippen molar-refractivity contribution in [3.05, 3.63) is 59.7 Å². The number of ether oxygens (including phenoxy) is 3. The Labute approximate surface area is 158 Å². The SMILES string of the molecule is COc1cc(CN(CC(=O)O)C(=O)[C@H](OC)c2ccccc2)cc(OC)c1. The van der Waals surface area contributed by atoms with E-state index in [1.807, 2.05) is 6.07 Å². The molecule has 0 bridgehead atoms. The molecule has 7 nitrogen and oxygen atoms in total. The van der Waals surface area contributed by atoms with Crippen LogP contribution in [0.25, 0.3) is 0 Å². The highest BCUT2D eigenvalue weighted by Gasteiger charge is 2.27. The number of carboxylic acid groups (broad SMARTS) is 1. The zero-order chi connectivity index (χ0) is 19.8. The summed E-state index contributed by atoms with van der Waals surface area (Å²) in [7, 11) is 4.47. The Hall–Kier alpha value is -3.06. The van der Waals surface area contributed by atoms with Gasteiger partial charge in [0.25, 0.3) is 5.91 Å². The fraction of sp³-hybridized carbons (Fsp3) is 0.300. The Morgan fingerprint density at radius 1 is 1.00 bits per heavy atom. The third-order valence-electron chi connectivity index (χ3n) is 3.98. The van der Waals surface area contributed by atoms with Gasteiger partial charge in [-0.25, -0.2) is 0 Å². The minimum absolute atomic E-state index is 0.0748. The molecule has 1 atom stereocenters. The number of rotatable bonds is 9. The second-order valence-electron chi connectivity index (χ2n) is 5.84. The Bertz CT molecular complexity index is 755. The highest BCUT2D eigenvalue weighted by atomic mass is 16.5. The van der Waals surface area contributed by atoms with Crippen molar-refractivity contribution >= 4 is 11.9 Å². The summed E-state index contributed by atoms with van der Waals surface area (Å²) >= 11 is 0. The zero-order valence-electron chi connectivity index (χ0n) is 15.5. The Morgan fingerprint density at radius 2 is 1.59 bits per heavy atom. The normalized spacial score (nSPS) is 11.5. The van der Waals surface area contributed by atoms with Gasteiger partial charge in [0.1, 0.15) is 18.0 Å². The van der Waals surface area contributed by atoms with E-state index >= 15 is 0 Å². The lowest BCUT2D eigenvalue weighted by Crippen LogP contribution is -2.39. The van der Waals surface area contributed by atoms with Gasteiger partial charge in [0.05, 0.1) is 14.2 Å². The van der Waals surface area contributed by atoms with Crippen LogP contribution in [0.2, 0.25) is 0 Å². The molecular weight excluding hydrogens is 350 g/mol. The van der Waals surface area contributed by atoms with Gasteiger partial charge in [-0.15, -0.1) is 0 Å². The quantitative estimate of drug-likeness (QED) is 0.727. The molecular formula is C20H23NO6. The molecule has 27 heavy (non-hydrogen) atoms. The number of aliphatic carboxylic acids is 1. The molecule has 0 aliphatic rings. The van der Waals surface area contributed by atoms with Gasteiger partial charge in [-0.3, -0.25) is 9.59 Å². The van der Waals surface area contributed by atoms with E-state index in [-0.39, 0.29) is 6.54 Å².